The third kappa shape index (κ3) is 3.77. The SMILES string of the molecule is Cc1cccc(Oc2ccc(S(=O)(=O)N3CCCC(N)C3)cc2)c1. The number of hydrogen-bond acceptors (Lipinski definition) is 4. The van der Waals surface area contributed by atoms with E-state index in [4.69, 9.17) is 10.5 Å². The summed E-state index contributed by atoms with van der Waals surface area (Å²) in [4.78, 5) is 0.271. The predicted molar refractivity (Wildman–Crippen MR) is 93.7 cm³/mol. The lowest BCUT2D eigenvalue weighted by Gasteiger charge is -2.29. The first-order valence-electron chi connectivity index (χ1n) is 8.05. The van der Waals surface area contributed by atoms with Gasteiger partial charge in [-0.1, -0.05) is 12.1 Å². The van der Waals surface area contributed by atoms with E-state index < -0.39 is 10.0 Å². The van der Waals surface area contributed by atoms with Gasteiger partial charge in [-0.15, -0.1) is 0 Å². The van der Waals surface area contributed by atoms with Crippen LogP contribution in [0, 0.1) is 6.92 Å². The van der Waals surface area contributed by atoms with Crippen molar-refractivity contribution in [3.8, 4) is 11.5 Å². The van der Waals surface area contributed by atoms with E-state index >= 15 is 0 Å². The molecule has 1 heterocycles. The van der Waals surface area contributed by atoms with Gasteiger partial charge in [-0.3, -0.25) is 0 Å². The standard InChI is InChI=1S/C18H22N2O3S/c1-14-4-2-6-17(12-14)23-16-7-9-18(10-8-16)24(21,22)20-11-3-5-15(19)13-20/h2,4,6-10,12,15H,3,5,11,13,19H2,1H3. The van der Waals surface area contributed by atoms with Crippen LogP contribution < -0.4 is 10.5 Å². The third-order valence-electron chi connectivity index (χ3n) is 4.11. The number of benzene rings is 2. The highest BCUT2D eigenvalue weighted by Crippen LogP contribution is 2.25. The summed E-state index contributed by atoms with van der Waals surface area (Å²) in [6.45, 7) is 2.90. The minimum Gasteiger partial charge on any atom is -0.457 e. The van der Waals surface area contributed by atoms with Gasteiger partial charge in [-0.2, -0.15) is 4.31 Å². The molecule has 1 aliphatic rings. The summed E-state index contributed by atoms with van der Waals surface area (Å²) in [5, 5.41) is 0. The van der Waals surface area contributed by atoms with Gasteiger partial charge in [0.25, 0.3) is 0 Å². The Morgan fingerprint density at radius 1 is 1.12 bits per heavy atom. The van der Waals surface area contributed by atoms with Crippen molar-refractivity contribution in [2.24, 2.45) is 5.73 Å². The Morgan fingerprint density at radius 2 is 1.88 bits per heavy atom. The van der Waals surface area contributed by atoms with Gasteiger partial charge in [0, 0.05) is 19.1 Å². The summed E-state index contributed by atoms with van der Waals surface area (Å²) in [7, 11) is -3.49. The van der Waals surface area contributed by atoms with Gasteiger partial charge in [0.05, 0.1) is 4.90 Å². The minimum absolute atomic E-state index is 0.0857. The zero-order valence-corrected chi connectivity index (χ0v) is 14.5. The van der Waals surface area contributed by atoms with Gasteiger partial charge in [0.2, 0.25) is 10.0 Å². The third-order valence-corrected chi connectivity index (χ3v) is 5.99. The lowest BCUT2D eigenvalue weighted by molar-refractivity contribution is 0.316. The van der Waals surface area contributed by atoms with Crippen LogP contribution in [0.25, 0.3) is 0 Å². The monoisotopic (exact) mass is 346 g/mol. The maximum absolute atomic E-state index is 12.7. The van der Waals surface area contributed by atoms with E-state index in [1.807, 2.05) is 31.2 Å². The van der Waals surface area contributed by atoms with Gasteiger partial charge in [-0.05, 0) is 61.7 Å². The van der Waals surface area contributed by atoms with Crippen molar-refractivity contribution in [1.29, 1.82) is 0 Å². The molecule has 3 rings (SSSR count). The zero-order valence-electron chi connectivity index (χ0n) is 13.7. The number of aryl methyl sites for hydroxylation is 1. The van der Waals surface area contributed by atoms with E-state index in [0.29, 0.717) is 18.8 Å². The van der Waals surface area contributed by atoms with Crippen molar-refractivity contribution in [2.45, 2.75) is 30.7 Å². The maximum atomic E-state index is 12.7. The quantitative estimate of drug-likeness (QED) is 0.924. The highest BCUT2D eigenvalue weighted by molar-refractivity contribution is 7.89. The smallest absolute Gasteiger partial charge is 0.243 e. The number of rotatable bonds is 4. The van der Waals surface area contributed by atoms with Crippen LogP contribution in [-0.4, -0.2) is 31.9 Å². The summed E-state index contributed by atoms with van der Waals surface area (Å²) in [5.74, 6) is 1.34. The van der Waals surface area contributed by atoms with Crippen LogP contribution in [-0.2, 0) is 10.0 Å². The van der Waals surface area contributed by atoms with E-state index in [2.05, 4.69) is 0 Å². The van der Waals surface area contributed by atoms with Crippen LogP contribution in [0.4, 0.5) is 0 Å². The molecule has 1 unspecified atom stereocenters. The highest BCUT2D eigenvalue weighted by Gasteiger charge is 2.28. The molecule has 2 aromatic rings. The molecule has 0 saturated carbocycles. The first-order chi connectivity index (χ1) is 11.4. The molecular formula is C18H22N2O3S. The van der Waals surface area contributed by atoms with Crippen molar-refractivity contribution in [3.63, 3.8) is 0 Å². The number of nitrogens with zero attached hydrogens (tertiary/aromatic N) is 1. The Hall–Kier alpha value is -1.89. The van der Waals surface area contributed by atoms with Crippen molar-refractivity contribution in [2.75, 3.05) is 13.1 Å². The molecule has 0 spiro atoms. The lowest BCUT2D eigenvalue weighted by atomic mass is 10.1. The van der Waals surface area contributed by atoms with E-state index in [0.717, 1.165) is 24.2 Å². The summed E-state index contributed by atoms with van der Waals surface area (Å²) in [6, 6.07) is 14.2. The zero-order chi connectivity index (χ0) is 17.2. The van der Waals surface area contributed by atoms with Gasteiger partial charge in [-0.25, -0.2) is 8.42 Å². The van der Waals surface area contributed by atoms with Crippen molar-refractivity contribution in [3.05, 3.63) is 54.1 Å². The molecule has 1 saturated heterocycles. The fraction of sp³-hybridized carbons (Fsp3) is 0.333. The molecule has 5 nitrogen and oxygen atoms in total. The van der Waals surface area contributed by atoms with Gasteiger partial charge >= 0.3 is 0 Å². The van der Waals surface area contributed by atoms with Gasteiger partial charge < -0.3 is 10.5 Å². The van der Waals surface area contributed by atoms with Gasteiger partial charge in [0.15, 0.2) is 0 Å². The second-order valence-electron chi connectivity index (χ2n) is 6.16. The molecule has 0 amide bonds. The molecule has 1 aliphatic heterocycles. The average Bonchev–Trinajstić information content (AvgIpc) is 2.55. The first-order valence-corrected chi connectivity index (χ1v) is 9.49. The number of ether oxygens (including phenoxy) is 1. The number of piperidine rings is 1. The van der Waals surface area contributed by atoms with E-state index in [1.54, 1.807) is 24.3 Å². The predicted octanol–water partition coefficient (Wildman–Crippen LogP) is 2.90. The average molecular weight is 346 g/mol. The molecule has 1 atom stereocenters. The molecule has 0 aromatic heterocycles. The molecule has 2 aromatic carbocycles. The van der Waals surface area contributed by atoms with Crippen LogP contribution in [0.3, 0.4) is 0 Å². The molecule has 6 heteroatoms. The Bertz CT molecular complexity index is 803. The largest absolute Gasteiger partial charge is 0.457 e. The minimum atomic E-state index is -3.49. The van der Waals surface area contributed by atoms with E-state index in [9.17, 15) is 8.42 Å². The summed E-state index contributed by atoms with van der Waals surface area (Å²) >= 11 is 0. The molecule has 0 radical (unpaired) electrons. The van der Waals surface area contributed by atoms with Crippen LogP contribution in [0.2, 0.25) is 0 Å². The van der Waals surface area contributed by atoms with Gasteiger partial charge in [0.1, 0.15) is 11.5 Å². The first kappa shape index (κ1) is 17.0. The Morgan fingerprint density at radius 3 is 2.54 bits per heavy atom. The van der Waals surface area contributed by atoms with E-state index in [1.165, 1.54) is 4.31 Å². The van der Waals surface area contributed by atoms with Crippen molar-refractivity contribution >= 4 is 10.0 Å². The van der Waals surface area contributed by atoms with Crippen molar-refractivity contribution in [1.82, 2.24) is 4.31 Å². The number of nitrogens with two attached hydrogens (primary N) is 1. The molecule has 2 N–H and O–H groups in total. The molecule has 128 valence electrons. The highest BCUT2D eigenvalue weighted by atomic mass is 32.2. The van der Waals surface area contributed by atoms with E-state index in [-0.39, 0.29) is 10.9 Å². The van der Waals surface area contributed by atoms with Crippen LogP contribution in [0.15, 0.2) is 53.4 Å². The molecular weight excluding hydrogens is 324 g/mol. The molecule has 0 aliphatic carbocycles. The van der Waals surface area contributed by atoms with Crippen LogP contribution >= 0.6 is 0 Å². The summed E-state index contributed by atoms with van der Waals surface area (Å²) in [5.41, 5.74) is 7.00. The summed E-state index contributed by atoms with van der Waals surface area (Å²) in [6.07, 6.45) is 1.67. The fourth-order valence-electron chi connectivity index (χ4n) is 2.84. The van der Waals surface area contributed by atoms with Crippen LogP contribution in [0.1, 0.15) is 18.4 Å². The number of sulfonamides is 1. The Balaban J connectivity index is 1.76. The Kier molecular flexibility index (Phi) is 4.89. The summed E-state index contributed by atoms with van der Waals surface area (Å²) < 4.78 is 32.6. The lowest BCUT2D eigenvalue weighted by Crippen LogP contribution is -2.45. The fourth-order valence-corrected chi connectivity index (χ4v) is 4.37. The Labute approximate surface area is 143 Å². The molecule has 24 heavy (non-hydrogen) atoms. The number of hydrogen-bond donors (Lipinski definition) is 1. The topological polar surface area (TPSA) is 72.6 Å². The van der Waals surface area contributed by atoms with Crippen LogP contribution in [0.5, 0.6) is 11.5 Å². The second-order valence-corrected chi connectivity index (χ2v) is 8.09. The maximum Gasteiger partial charge on any atom is 0.243 e. The molecule has 1 fully saturated rings. The normalized spacial score (nSPS) is 19.2. The van der Waals surface area contributed by atoms with Crippen molar-refractivity contribution < 1.29 is 13.2 Å². The molecule has 0 bridgehead atoms. The second kappa shape index (κ2) is 6.93.